The van der Waals surface area contributed by atoms with Crippen LogP contribution in [-0.2, 0) is 0 Å². The topological polar surface area (TPSA) is 59.9 Å². The Kier molecular flexibility index (Phi) is 3.96. The minimum Gasteiger partial charge on any atom is -0.439 e. The molecular formula is C20H16N4O. The first-order chi connectivity index (χ1) is 12.3. The Hall–Kier alpha value is -3.47. The minimum absolute atomic E-state index is 0.574. The first kappa shape index (κ1) is 15.1. The highest BCUT2D eigenvalue weighted by molar-refractivity contribution is 5.90. The minimum atomic E-state index is 0.574. The Morgan fingerprint density at radius 1 is 0.840 bits per heavy atom. The number of hydrogen-bond acceptors (Lipinski definition) is 5. The summed E-state index contributed by atoms with van der Waals surface area (Å²) in [5.41, 5.74) is 3.62. The summed E-state index contributed by atoms with van der Waals surface area (Å²) < 4.78 is 5.71. The van der Waals surface area contributed by atoms with E-state index in [-0.39, 0.29) is 0 Å². The van der Waals surface area contributed by atoms with Gasteiger partial charge in [-0.2, -0.15) is 0 Å². The number of nitrogens with zero attached hydrogens (tertiary/aromatic N) is 3. The molecule has 0 spiro atoms. The highest BCUT2D eigenvalue weighted by atomic mass is 16.5. The third-order valence-corrected chi connectivity index (χ3v) is 3.74. The molecule has 0 saturated carbocycles. The van der Waals surface area contributed by atoms with Crippen LogP contribution in [0.2, 0.25) is 0 Å². The lowest BCUT2D eigenvalue weighted by atomic mass is 10.2. The second-order valence-electron chi connectivity index (χ2n) is 5.60. The predicted octanol–water partition coefficient (Wildman–Crippen LogP) is 4.87. The van der Waals surface area contributed by atoms with E-state index < -0.39 is 0 Å². The quantitative estimate of drug-likeness (QED) is 0.579. The van der Waals surface area contributed by atoms with Crippen LogP contribution in [-0.4, -0.2) is 15.0 Å². The third-order valence-electron chi connectivity index (χ3n) is 3.74. The number of anilines is 2. The summed E-state index contributed by atoms with van der Waals surface area (Å²) in [5, 5.41) is 4.39. The van der Waals surface area contributed by atoms with Crippen molar-refractivity contribution < 1.29 is 4.74 Å². The van der Waals surface area contributed by atoms with Crippen molar-refractivity contribution in [3.8, 4) is 11.6 Å². The molecule has 0 unspecified atom stereocenters. The Bertz CT molecular complexity index is 1000. The van der Waals surface area contributed by atoms with Crippen LogP contribution in [0.15, 0.2) is 73.1 Å². The van der Waals surface area contributed by atoms with Crippen molar-refractivity contribution in [1.29, 1.82) is 0 Å². The van der Waals surface area contributed by atoms with E-state index in [0.29, 0.717) is 5.88 Å². The van der Waals surface area contributed by atoms with Crippen LogP contribution in [0.3, 0.4) is 0 Å². The van der Waals surface area contributed by atoms with Crippen molar-refractivity contribution in [2.45, 2.75) is 6.92 Å². The number of benzene rings is 1. The zero-order valence-electron chi connectivity index (χ0n) is 13.7. The van der Waals surface area contributed by atoms with Crippen LogP contribution in [0, 0.1) is 6.92 Å². The molecule has 0 amide bonds. The lowest BCUT2D eigenvalue weighted by Crippen LogP contribution is -1.95. The van der Waals surface area contributed by atoms with E-state index in [1.54, 1.807) is 12.4 Å². The molecule has 0 aliphatic rings. The molecule has 0 radical (unpaired) electrons. The Balaban J connectivity index is 1.55. The second-order valence-corrected chi connectivity index (χ2v) is 5.60. The van der Waals surface area contributed by atoms with Crippen molar-refractivity contribution in [2.75, 3.05) is 5.32 Å². The van der Waals surface area contributed by atoms with E-state index in [0.717, 1.165) is 33.9 Å². The lowest BCUT2D eigenvalue weighted by Gasteiger charge is -2.10. The molecule has 3 aromatic heterocycles. The standard InChI is InChI=1S/C20H16N4O/c1-14-5-10-17-18(11-13-22-20(17)23-14)24-15-6-8-16(9-7-15)25-19-4-2-3-12-21-19/h2-13H,1H3,(H,22,23,24). The van der Waals surface area contributed by atoms with Crippen LogP contribution in [0.25, 0.3) is 11.0 Å². The number of hydrogen-bond donors (Lipinski definition) is 1. The molecule has 0 saturated heterocycles. The van der Waals surface area contributed by atoms with E-state index in [9.17, 15) is 0 Å². The zero-order chi connectivity index (χ0) is 17.1. The van der Waals surface area contributed by atoms with Gasteiger partial charge in [0.05, 0.1) is 5.69 Å². The number of aryl methyl sites for hydroxylation is 1. The van der Waals surface area contributed by atoms with Crippen LogP contribution in [0.1, 0.15) is 5.69 Å². The molecule has 5 heteroatoms. The first-order valence-corrected chi connectivity index (χ1v) is 7.96. The van der Waals surface area contributed by atoms with Gasteiger partial charge >= 0.3 is 0 Å². The normalized spacial score (nSPS) is 10.6. The molecule has 4 rings (SSSR count). The molecule has 1 N–H and O–H groups in total. The average molecular weight is 328 g/mol. The maximum Gasteiger partial charge on any atom is 0.219 e. The van der Waals surface area contributed by atoms with Gasteiger partial charge in [0.1, 0.15) is 5.75 Å². The number of rotatable bonds is 4. The fraction of sp³-hybridized carbons (Fsp3) is 0.0500. The van der Waals surface area contributed by atoms with Gasteiger partial charge in [-0.3, -0.25) is 0 Å². The van der Waals surface area contributed by atoms with E-state index >= 15 is 0 Å². The van der Waals surface area contributed by atoms with Gasteiger partial charge in [-0.05, 0) is 55.5 Å². The molecule has 25 heavy (non-hydrogen) atoms. The van der Waals surface area contributed by atoms with Crippen molar-refractivity contribution in [3.63, 3.8) is 0 Å². The molecule has 0 bridgehead atoms. The van der Waals surface area contributed by atoms with Crippen LogP contribution >= 0.6 is 0 Å². The molecular weight excluding hydrogens is 312 g/mol. The number of pyridine rings is 3. The molecule has 0 aliphatic heterocycles. The van der Waals surface area contributed by atoms with Crippen molar-refractivity contribution in [2.24, 2.45) is 0 Å². The monoisotopic (exact) mass is 328 g/mol. The fourth-order valence-corrected chi connectivity index (χ4v) is 2.52. The molecule has 5 nitrogen and oxygen atoms in total. The summed E-state index contributed by atoms with van der Waals surface area (Å²) in [6.07, 6.45) is 3.46. The van der Waals surface area contributed by atoms with Gasteiger partial charge in [0, 0.05) is 35.2 Å². The summed E-state index contributed by atoms with van der Waals surface area (Å²) in [5.74, 6) is 1.31. The predicted molar refractivity (Wildman–Crippen MR) is 98.3 cm³/mol. The number of ether oxygens (including phenoxy) is 1. The number of fused-ring (bicyclic) bond motifs is 1. The lowest BCUT2D eigenvalue weighted by molar-refractivity contribution is 0.463. The molecule has 122 valence electrons. The summed E-state index contributed by atoms with van der Waals surface area (Å²) >= 11 is 0. The van der Waals surface area contributed by atoms with E-state index in [1.807, 2.05) is 67.6 Å². The van der Waals surface area contributed by atoms with Crippen LogP contribution in [0.5, 0.6) is 11.6 Å². The van der Waals surface area contributed by atoms with Gasteiger partial charge in [-0.1, -0.05) is 6.07 Å². The van der Waals surface area contributed by atoms with Gasteiger partial charge in [-0.25, -0.2) is 15.0 Å². The highest BCUT2D eigenvalue weighted by Gasteiger charge is 2.04. The molecule has 0 aliphatic carbocycles. The Morgan fingerprint density at radius 3 is 2.52 bits per heavy atom. The average Bonchev–Trinajstić information content (AvgIpc) is 2.64. The smallest absolute Gasteiger partial charge is 0.219 e. The van der Waals surface area contributed by atoms with Crippen molar-refractivity contribution in [1.82, 2.24) is 15.0 Å². The van der Waals surface area contributed by atoms with Crippen LogP contribution < -0.4 is 10.1 Å². The Labute approximate surface area is 145 Å². The molecule has 1 aromatic carbocycles. The maximum absolute atomic E-state index is 5.71. The molecule has 0 fully saturated rings. The first-order valence-electron chi connectivity index (χ1n) is 7.96. The zero-order valence-corrected chi connectivity index (χ0v) is 13.7. The Morgan fingerprint density at radius 2 is 1.72 bits per heavy atom. The van der Waals surface area contributed by atoms with Gasteiger partial charge in [0.2, 0.25) is 5.88 Å². The van der Waals surface area contributed by atoms with Gasteiger partial charge < -0.3 is 10.1 Å². The van der Waals surface area contributed by atoms with E-state index in [1.165, 1.54) is 0 Å². The largest absolute Gasteiger partial charge is 0.439 e. The number of aromatic nitrogens is 3. The third kappa shape index (κ3) is 3.40. The SMILES string of the molecule is Cc1ccc2c(Nc3ccc(Oc4ccccn4)cc3)ccnc2n1. The van der Waals surface area contributed by atoms with Crippen molar-refractivity contribution >= 4 is 22.4 Å². The second kappa shape index (κ2) is 6.57. The fourth-order valence-electron chi connectivity index (χ4n) is 2.52. The van der Waals surface area contributed by atoms with Gasteiger partial charge in [0.15, 0.2) is 5.65 Å². The summed E-state index contributed by atoms with van der Waals surface area (Å²) in [4.78, 5) is 12.9. The van der Waals surface area contributed by atoms with Gasteiger partial charge in [0.25, 0.3) is 0 Å². The molecule has 0 atom stereocenters. The van der Waals surface area contributed by atoms with E-state index in [4.69, 9.17) is 4.74 Å². The van der Waals surface area contributed by atoms with Crippen LogP contribution in [0.4, 0.5) is 11.4 Å². The van der Waals surface area contributed by atoms with Crippen molar-refractivity contribution in [3.05, 3.63) is 78.8 Å². The molecule has 4 aromatic rings. The van der Waals surface area contributed by atoms with Gasteiger partial charge in [-0.15, -0.1) is 0 Å². The summed E-state index contributed by atoms with van der Waals surface area (Å²) in [6, 6.07) is 19.3. The summed E-state index contributed by atoms with van der Waals surface area (Å²) in [7, 11) is 0. The highest BCUT2D eigenvalue weighted by Crippen LogP contribution is 2.26. The maximum atomic E-state index is 5.71. The summed E-state index contributed by atoms with van der Waals surface area (Å²) in [6.45, 7) is 1.96. The van der Waals surface area contributed by atoms with E-state index in [2.05, 4.69) is 20.3 Å². The molecule has 3 heterocycles. The number of nitrogens with one attached hydrogen (secondary N) is 1.